The van der Waals surface area contributed by atoms with Gasteiger partial charge in [0.2, 0.25) is 0 Å². The van der Waals surface area contributed by atoms with Crippen molar-refractivity contribution in [3.05, 3.63) is 34.0 Å². The minimum Gasteiger partial charge on any atom is -0.497 e. The van der Waals surface area contributed by atoms with Gasteiger partial charge in [0, 0.05) is 12.6 Å². The number of anilines is 3. The number of rotatable bonds is 6. The third kappa shape index (κ3) is 3.98. The fourth-order valence-corrected chi connectivity index (χ4v) is 2.29. The Hall–Kier alpha value is -1.53. The van der Waals surface area contributed by atoms with Crippen LogP contribution in [0.2, 0.25) is 5.02 Å². The van der Waals surface area contributed by atoms with Gasteiger partial charge >= 0.3 is 0 Å². The van der Waals surface area contributed by atoms with E-state index in [4.69, 9.17) is 16.3 Å². The molecule has 0 amide bonds. The molecular formula is C14H16BrClN4O. The Balaban J connectivity index is 2.27. The topological polar surface area (TPSA) is 59.1 Å². The van der Waals surface area contributed by atoms with E-state index in [1.807, 2.05) is 6.07 Å². The van der Waals surface area contributed by atoms with Crippen molar-refractivity contribution in [3.63, 3.8) is 0 Å². The predicted molar refractivity (Wildman–Crippen MR) is 89.8 cm³/mol. The summed E-state index contributed by atoms with van der Waals surface area (Å²) in [6, 6.07) is 5.39. The third-order valence-corrected chi connectivity index (χ3v) is 3.84. The fraction of sp³-hybridized carbons (Fsp3) is 0.286. The van der Waals surface area contributed by atoms with E-state index in [9.17, 15) is 0 Å². The van der Waals surface area contributed by atoms with Crippen molar-refractivity contribution < 1.29 is 4.74 Å². The summed E-state index contributed by atoms with van der Waals surface area (Å²) in [5, 5.41) is 7.00. The monoisotopic (exact) mass is 370 g/mol. The fourth-order valence-electron chi connectivity index (χ4n) is 1.68. The summed E-state index contributed by atoms with van der Waals surface area (Å²) in [5.74, 6) is 2.10. The van der Waals surface area contributed by atoms with E-state index >= 15 is 0 Å². The highest BCUT2D eigenvalue weighted by molar-refractivity contribution is 9.10. The molecule has 2 N–H and O–H groups in total. The molecule has 21 heavy (non-hydrogen) atoms. The van der Waals surface area contributed by atoms with E-state index in [-0.39, 0.29) is 0 Å². The van der Waals surface area contributed by atoms with Crippen LogP contribution in [-0.4, -0.2) is 23.6 Å². The van der Waals surface area contributed by atoms with E-state index in [1.165, 1.54) is 6.33 Å². The number of nitrogens with zero attached hydrogens (tertiary/aromatic N) is 2. The summed E-state index contributed by atoms with van der Waals surface area (Å²) in [4.78, 5) is 8.44. The number of benzene rings is 1. The van der Waals surface area contributed by atoms with Gasteiger partial charge in [0.05, 0.1) is 17.8 Å². The van der Waals surface area contributed by atoms with Crippen LogP contribution in [0.25, 0.3) is 0 Å². The quantitative estimate of drug-likeness (QED) is 0.784. The molecule has 0 spiro atoms. The van der Waals surface area contributed by atoms with Crippen molar-refractivity contribution >= 4 is 44.9 Å². The van der Waals surface area contributed by atoms with Crippen LogP contribution in [-0.2, 0) is 0 Å². The van der Waals surface area contributed by atoms with Gasteiger partial charge in [0.1, 0.15) is 28.2 Å². The first kappa shape index (κ1) is 15.9. The first-order valence-electron chi connectivity index (χ1n) is 6.50. The molecule has 0 aliphatic heterocycles. The second-order valence-corrected chi connectivity index (χ2v) is 5.48. The van der Waals surface area contributed by atoms with Crippen molar-refractivity contribution in [3.8, 4) is 5.75 Å². The summed E-state index contributed by atoms with van der Waals surface area (Å²) in [6.45, 7) is 2.94. The first-order chi connectivity index (χ1) is 10.2. The number of hydrogen-bond acceptors (Lipinski definition) is 5. The SMILES string of the molecule is CCCNc1ncnc(Nc2cc(OC)ccc2Cl)c1Br. The van der Waals surface area contributed by atoms with Crippen LogP contribution in [0.4, 0.5) is 17.3 Å². The molecule has 1 aromatic heterocycles. The van der Waals surface area contributed by atoms with E-state index in [0.29, 0.717) is 10.8 Å². The molecule has 0 bridgehead atoms. The van der Waals surface area contributed by atoms with Crippen LogP contribution in [0.3, 0.4) is 0 Å². The third-order valence-electron chi connectivity index (χ3n) is 2.76. The molecule has 0 unspecified atom stereocenters. The molecular weight excluding hydrogens is 356 g/mol. The number of halogens is 2. The predicted octanol–water partition coefficient (Wildman–Crippen LogP) is 4.47. The lowest BCUT2D eigenvalue weighted by atomic mass is 10.3. The molecule has 0 atom stereocenters. The van der Waals surface area contributed by atoms with Crippen LogP contribution in [0.5, 0.6) is 5.75 Å². The zero-order chi connectivity index (χ0) is 15.2. The number of ether oxygens (including phenoxy) is 1. The molecule has 112 valence electrons. The lowest BCUT2D eigenvalue weighted by Crippen LogP contribution is -2.05. The first-order valence-corrected chi connectivity index (χ1v) is 7.67. The van der Waals surface area contributed by atoms with Gasteiger partial charge in [-0.25, -0.2) is 9.97 Å². The van der Waals surface area contributed by atoms with Crippen molar-refractivity contribution in [2.45, 2.75) is 13.3 Å². The number of nitrogens with one attached hydrogen (secondary N) is 2. The normalized spacial score (nSPS) is 10.3. The molecule has 0 radical (unpaired) electrons. The molecule has 0 aliphatic rings. The Labute approximate surface area is 137 Å². The van der Waals surface area contributed by atoms with Gasteiger partial charge < -0.3 is 15.4 Å². The maximum atomic E-state index is 6.19. The highest BCUT2D eigenvalue weighted by atomic mass is 79.9. The van der Waals surface area contributed by atoms with E-state index < -0.39 is 0 Å². The van der Waals surface area contributed by atoms with Crippen molar-refractivity contribution in [2.75, 3.05) is 24.3 Å². The molecule has 7 heteroatoms. The van der Waals surface area contributed by atoms with E-state index in [2.05, 4.69) is 43.5 Å². The van der Waals surface area contributed by atoms with Gasteiger partial charge in [-0.1, -0.05) is 18.5 Å². The Morgan fingerprint density at radius 1 is 1.29 bits per heavy atom. The van der Waals surface area contributed by atoms with Crippen LogP contribution in [0.15, 0.2) is 29.0 Å². The van der Waals surface area contributed by atoms with Crippen LogP contribution in [0.1, 0.15) is 13.3 Å². The van der Waals surface area contributed by atoms with Gasteiger partial charge in [-0.15, -0.1) is 0 Å². The maximum Gasteiger partial charge on any atom is 0.150 e. The molecule has 2 aromatic rings. The van der Waals surface area contributed by atoms with Crippen LogP contribution >= 0.6 is 27.5 Å². The molecule has 1 heterocycles. The second-order valence-electron chi connectivity index (χ2n) is 4.28. The van der Waals surface area contributed by atoms with Gasteiger partial charge in [0.15, 0.2) is 0 Å². The highest BCUT2D eigenvalue weighted by Gasteiger charge is 2.10. The smallest absolute Gasteiger partial charge is 0.150 e. The Bertz CT molecular complexity index is 624. The summed E-state index contributed by atoms with van der Waals surface area (Å²) >= 11 is 9.69. The van der Waals surface area contributed by atoms with Gasteiger partial charge in [-0.05, 0) is 34.5 Å². The summed E-state index contributed by atoms with van der Waals surface area (Å²) < 4.78 is 5.96. The van der Waals surface area contributed by atoms with E-state index in [1.54, 1.807) is 19.2 Å². The average molecular weight is 372 g/mol. The number of aromatic nitrogens is 2. The largest absolute Gasteiger partial charge is 0.497 e. The Morgan fingerprint density at radius 2 is 2.05 bits per heavy atom. The molecule has 0 saturated carbocycles. The summed E-state index contributed by atoms with van der Waals surface area (Å²) in [6.07, 6.45) is 2.51. The lowest BCUT2D eigenvalue weighted by Gasteiger charge is -2.13. The molecule has 5 nitrogen and oxygen atoms in total. The minimum absolute atomic E-state index is 0.587. The number of methoxy groups -OCH3 is 1. The van der Waals surface area contributed by atoms with Gasteiger partial charge in [-0.3, -0.25) is 0 Å². The molecule has 0 saturated heterocycles. The maximum absolute atomic E-state index is 6.19. The van der Waals surface area contributed by atoms with Crippen molar-refractivity contribution in [2.24, 2.45) is 0 Å². The van der Waals surface area contributed by atoms with Crippen LogP contribution in [0, 0.1) is 0 Å². The Morgan fingerprint density at radius 3 is 2.76 bits per heavy atom. The van der Waals surface area contributed by atoms with Crippen LogP contribution < -0.4 is 15.4 Å². The van der Waals surface area contributed by atoms with E-state index in [0.717, 1.165) is 34.7 Å². The number of hydrogen-bond donors (Lipinski definition) is 2. The highest BCUT2D eigenvalue weighted by Crippen LogP contribution is 2.33. The lowest BCUT2D eigenvalue weighted by molar-refractivity contribution is 0.415. The average Bonchev–Trinajstić information content (AvgIpc) is 2.50. The van der Waals surface area contributed by atoms with Crippen molar-refractivity contribution in [1.82, 2.24) is 9.97 Å². The summed E-state index contributed by atoms with van der Waals surface area (Å²) in [7, 11) is 1.61. The van der Waals surface area contributed by atoms with Gasteiger partial charge in [-0.2, -0.15) is 0 Å². The molecule has 2 rings (SSSR count). The second kappa shape index (κ2) is 7.47. The van der Waals surface area contributed by atoms with Crippen molar-refractivity contribution in [1.29, 1.82) is 0 Å². The standard InChI is InChI=1S/C14H16BrClN4O/c1-3-6-17-13-12(15)14(19-8-18-13)20-11-7-9(21-2)4-5-10(11)16/h4-5,7-8H,3,6H2,1-2H3,(H2,17,18,19,20). The Kier molecular flexibility index (Phi) is 5.64. The minimum atomic E-state index is 0.587. The molecule has 1 aromatic carbocycles. The zero-order valence-electron chi connectivity index (χ0n) is 11.8. The molecule has 0 fully saturated rings. The summed E-state index contributed by atoms with van der Waals surface area (Å²) in [5.41, 5.74) is 0.719. The van der Waals surface area contributed by atoms with Gasteiger partial charge in [0.25, 0.3) is 0 Å². The zero-order valence-corrected chi connectivity index (χ0v) is 14.1. The molecule has 0 aliphatic carbocycles.